The Morgan fingerprint density at radius 3 is 2.72 bits per heavy atom. The zero-order chi connectivity index (χ0) is 18.2. The maximum absolute atomic E-state index is 11.8. The normalized spacial score (nSPS) is 54.9. The average molecular weight is 350 g/mol. The quantitative estimate of drug-likeness (QED) is 0.630. The first-order chi connectivity index (χ1) is 11.6. The van der Waals surface area contributed by atoms with Crippen LogP contribution in [0.25, 0.3) is 0 Å². The van der Waals surface area contributed by atoms with Crippen molar-refractivity contribution in [3.63, 3.8) is 0 Å². The van der Waals surface area contributed by atoms with E-state index in [-0.39, 0.29) is 41.1 Å². The van der Waals surface area contributed by atoms with Crippen molar-refractivity contribution in [1.82, 2.24) is 0 Å². The summed E-state index contributed by atoms with van der Waals surface area (Å²) in [6.07, 6.45) is 5.00. The summed E-state index contributed by atoms with van der Waals surface area (Å²) in [7, 11) is 0. The van der Waals surface area contributed by atoms with E-state index in [4.69, 9.17) is 4.74 Å². The number of ether oxygens (including phenoxy) is 1. The molecule has 0 aromatic rings. The lowest BCUT2D eigenvalue weighted by atomic mass is 9.42. The van der Waals surface area contributed by atoms with Crippen molar-refractivity contribution in [2.75, 3.05) is 6.61 Å². The van der Waals surface area contributed by atoms with E-state index in [1.807, 2.05) is 6.92 Å². The highest BCUT2D eigenvalue weighted by molar-refractivity contribution is 5.86. The number of aliphatic hydroxyl groups is 3. The molecule has 0 radical (unpaired) electrons. The molecular formula is C20H30O5. The summed E-state index contributed by atoms with van der Waals surface area (Å²) >= 11 is 0. The van der Waals surface area contributed by atoms with Crippen LogP contribution in [0.15, 0.2) is 11.6 Å². The Hall–Kier alpha value is -0.910. The topological polar surface area (TPSA) is 87.0 Å². The van der Waals surface area contributed by atoms with E-state index in [0.717, 1.165) is 19.3 Å². The lowest BCUT2D eigenvalue weighted by molar-refractivity contribution is -0.237. The van der Waals surface area contributed by atoms with E-state index < -0.39 is 17.9 Å². The van der Waals surface area contributed by atoms with E-state index in [9.17, 15) is 20.1 Å². The first kappa shape index (κ1) is 17.5. The molecule has 0 aromatic carbocycles. The first-order valence-electron chi connectivity index (χ1n) is 9.61. The summed E-state index contributed by atoms with van der Waals surface area (Å²) in [5, 5.41) is 32.1. The second kappa shape index (κ2) is 5.30. The van der Waals surface area contributed by atoms with Gasteiger partial charge in [0.1, 0.15) is 0 Å². The summed E-state index contributed by atoms with van der Waals surface area (Å²) < 4.78 is 5.30. The Labute approximate surface area is 149 Å². The number of esters is 1. The smallest absolute Gasteiger partial charge is 0.333 e. The maximum atomic E-state index is 11.8. The third-order valence-electron chi connectivity index (χ3n) is 8.25. The molecule has 0 saturated heterocycles. The van der Waals surface area contributed by atoms with Gasteiger partial charge in [-0.15, -0.1) is 0 Å². The minimum absolute atomic E-state index is 0.0170. The van der Waals surface area contributed by atoms with Crippen molar-refractivity contribution in [2.24, 2.45) is 34.5 Å². The van der Waals surface area contributed by atoms with E-state index in [1.54, 1.807) is 0 Å². The molecule has 3 saturated carbocycles. The predicted octanol–water partition coefficient (Wildman–Crippen LogP) is 2.00. The van der Waals surface area contributed by atoms with Crippen LogP contribution in [0.4, 0.5) is 0 Å². The molecule has 8 atom stereocenters. The van der Waals surface area contributed by atoms with Crippen LogP contribution in [0.1, 0.15) is 52.9 Å². The van der Waals surface area contributed by atoms with Gasteiger partial charge in [-0.05, 0) is 53.8 Å². The fraction of sp³-hybridized carbons (Fsp3) is 0.850. The summed E-state index contributed by atoms with van der Waals surface area (Å²) in [4.78, 5) is 11.8. The highest BCUT2D eigenvalue weighted by Crippen LogP contribution is 2.66. The Morgan fingerprint density at radius 1 is 1.32 bits per heavy atom. The van der Waals surface area contributed by atoms with Gasteiger partial charge in [-0.2, -0.15) is 0 Å². The lowest BCUT2D eigenvalue weighted by Gasteiger charge is -2.64. The van der Waals surface area contributed by atoms with Gasteiger partial charge < -0.3 is 20.1 Å². The maximum Gasteiger partial charge on any atom is 0.333 e. The van der Waals surface area contributed by atoms with Gasteiger partial charge in [-0.3, -0.25) is 0 Å². The molecule has 3 aliphatic carbocycles. The number of rotatable bonds is 1. The minimum Gasteiger partial charge on any atom is -0.426 e. The van der Waals surface area contributed by atoms with Gasteiger partial charge in [0.05, 0.1) is 6.10 Å². The molecule has 3 N–H and O–H groups in total. The van der Waals surface area contributed by atoms with Crippen LogP contribution in [0.2, 0.25) is 0 Å². The number of fused-ring (bicyclic) bond motifs is 4. The van der Waals surface area contributed by atoms with Crippen molar-refractivity contribution in [3.05, 3.63) is 11.6 Å². The highest BCUT2D eigenvalue weighted by Gasteiger charge is 2.65. The number of aliphatic hydroxyl groups excluding tert-OH is 2. The van der Waals surface area contributed by atoms with Gasteiger partial charge in [0.25, 0.3) is 0 Å². The largest absolute Gasteiger partial charge is 0.426 e. The van der Waals surface area contributed by atoms with Crippen molar-refractivity contribution in [2.45, 2.75) is 64.8 Å². The zero-order valence-corrected chi connectivity index (χ0v) is 15.4. The third-order valence-corrected chi connectivity index (χ3v) is 8.25. The summed E-state index contributed by atoms with van der Waals surface area (Å²) in [6.45, 7) is 6.51. The molecule has 5 heteroatoms. The van der Waals surface area contributed by atoms with Crippen molar-refractivity contribution in [3.8, 4) is 0 Å². The van der Waals surface area contributed by atoms with Gasteiger partial charge in [0.2, 0.25) is 5.79 Å². The molecule has 5 nitrogen and oxygen atoms in total. The SMILES string of the molecule is C[C@H]1C2=CC(=O)O[C@]2(O)C[C@@H]2[C@H]1[C@H](O)C[C@@H]1[C@@](C)(CO)CCC[C@]21C. The average Bonchev–Trinajstić information content (AvgIpc) is 2.85. The van der Waals surface area contributed by atoms with Crippen LogP contribution in [-0.4, -0.2) is 39.8 Å². The second-order valence-electron chi connectivity index (χ2n) is 9.51. The summed E-state index contributed by atoms with van der Waals surface area (Å²) in [5.41, 5.74) is 0.345. The summed E-state index contributed by atoms with van der Waals surface area (Å²) in [6, 6.07) is 0. The van der Waals surface area contributed by atoms with Crippen molar-refractivity contribution in [1.29, 1.82) is 0 Å². The molecule has 0 amide bonds. The molecule has 0 bridgehead atoms. The highest BCUT2D eigenvalue weighted by atomic mass is 16.7. The lowest BCUT2D eigenvalue weighted by Crippen LogP contribution is -2.62. The Kier molecular flexibility index (Phi) is 3.71. The van der Waals surface area contributed by atoms with Crippen LogP contribution in [0.3, 0.4) is 0 Å². The van der Waals surface area contributed by atoms with E-state index >= 15 is 0 Å². The van der Waals surface area contributed by atoms with E-state index in [1.165, 1.54) is 6.08 Å². The van der Waals surface area contributed by atoms with E-state index in [0.29, 0.717) is 18.4 Å². The van der Waals surface area contributed by atoms with E-state index in [2.05, 4.69) is 13.8 Å². The van der Waals surface area contributed by atoms with Gasteiger partial charge >= 0.3 is 5.97 Å². The van der Waals surface area contributed by atoms with Gasteiger partial charge in [-0.25, -0.2) is 4.79 Å². The second-order valence-corrected chi connectivity index (χ2v) is 9.51. The minimum atomic E-state index is -1.52. The molecule has 0 aromatic heterocycles. The molecule has 4 rings (SSSR count). The molecule has 1 aliphatic heterocycles. The van der Waals surface area contributed by atoms with Crippen molar-refractivity contribution >= 4 is 5.97 Å². The Morgan fingerprint density at radius 2 is 2.04 bits per heavy atom. The number of carbonyl (C=O) groups excluding carboxylic acids is 1. The zero-order valence-electron chi connectivity index (χ0n) is 15.4. The summed E-state index contributed by atoms with van der Waals surface area (Å²) in [5.74, 6) is -1.81. The first-order valence-corrected chi connectivity index (χ1v) is 9.61. The molecule has 4 aliphatic rings. The standard InChI is InChI=1S/C20H30O5/c1-11-12-7-16(23)25-20(12,24)9-13-17(11)14(22)8-15-18(2,10-21)5-4-6-19(13,15)3/h7,11,13-15,17,21-22,24H,4-6,8-10H2,1-3H3/t11-,13+,14+,15+,17-,18+,19+,20+/m0/s1. The van der Waals surface area contributed by atoms with Gasteiger partial charge in [0.15, 0.2) is 0 Å². The fourth-order valence-corrected chi connectivity index (χ4v) is 7.01. The molecule has 0 spiro atoms. The van der Waals surface area contributed by atoms with Crippen LogP contribution in [-0.2, 0) is 9.53 Å². The van der Waals surface area contributed by atoms with Crippen molar-refractivity contribution < 1.29 is 24.9 Å². The number of carbonyl (C=O) groups is 1. The number of hydrogen-bond acceptors (Lipinski definition) is 5. The Bertz CT molecular complexity index is 630. The van der Waals surface area contributed by atoms with Crippen LogP contribution >= 0.6 is 0 Å². The monoisotopic (exact) mass is 350 g/mol. The fourth-order valence-electron chi connectivity index (χ4n) is 7.01. The number of hydrogen-bond donors (Lipinski definition) is 3. The molecule has 3 fully saturated rings. The third kappa shape index (κ3) is 2.22. The van der Waals surface area contributed by atoms with Gasteiger partial charge in [0, 0.05) is 24.7 Å². The van der Waals surface area contributed by atoms with Crippen LogP contribution in [0, 0.1) is 34.5 Å². The molecule has 140 valence electrons. The Balaban J connectivity index is 1.78. The molecule has 25 heavy (non-hydrogen) atoms. The predicted molar refractivity (Wildman–Crippen MR) is 91.2 cm³/mol. The van der Waals surface area contributed by atoms with Crippen LogP contribution < -0.4 is 0 Å². The van der Waals surface area contributed by atoms with Gasteiger partial charge in [-0.1, -0.05) is 27.2 Å². The van der Waals surface area contributed by atoms with Crippen LogP contribution in [0.5, 0.6) is 0 Å². The molecule has 1 heterocycles. The molecule has 0 unspecified atom stereocenters. The molecular weight excluding hydrogens is 320 g/mol.